The van der Waals surface area contributed by atoms with E-state index in [1.807, 2.05) is 25.2 Å². The smallest absolute Gasteiger partial charge is 0.129 e. The van der Waals surface area contributed by atoms with Crippen LogP contribution in [0.15, 0.2) is 30.3 Å². The van der Waals surface area contributed by atoms with Crippen LogP contribution in [0.2, 0.25) is 0 Å². The average molecular weight is 243 g/mol. The fourth-order valence-corrected chi connectivity index (χ4v) is 2.13. The summed E-state index contributed by atoms with van der Waals surface area (Å²) in [6.07, 6.45) is 2.14. The molecule has 96 valence electrons. The van der Waals surface area contributed by atoms with Gasteiger partial charge in [-0.05, 0) is 17.9 Å². The van der Waals surface area contributed by atoms with Gasteiger partial charge in [-0.2, -0.15) is 5.10 Å². The molecule has 0 aliphatic rings. The first-order valence-electron chi connectivity index (χ1n) is 6.50. The lowest BCUT2D eigenvalue weighted by Crippen LogP contribution is -2.00. The third-order valence-corrected chi connectivity index (χ3v) is 3.47. The van der Waals surface area contributed by atoms with Gasteiger partial charge in [0.05, 0.1) is 5.69 Å². The molecule has 0 spiro atoms. The van der Waals surface area contributed by atoms with Crippen molar-refractivity contribution in [1.82, 2.24) is 9.78 Å². The van der Waals surface area contributed by atoms with E-state index in [0.717, 1.165) is 35.5 Å². The average Bonchev–Trinajstić information content (AvgIpc) is 2.66. The van der Waals surface area contributed by atoms with Gasteiger partial charge in [0.25, 0.3) is 0 Å². The van der Waals surface area contributed by atoms with Crippen LogP contribution in [0, 0.1) is 5.92 Å². The van der Waals surface area contributed by atoms with Crippen LogP contribution in [-0.2, 0) is 13.5 Å². The largest absolute Gasteiger partial charge is 0.383 e. The van der Waals surface area contributed by atoms with Crippen LogP contribution in [0.1, 0.15) is 26.0 Å². The predicted octanol–water partition coefficient (Wildman–Crippen LogP) is 3.26. The van der Waals surface area contributed by atoms with Gasteiger partial charge in [0.2, 0.25) is 0 Å². The number of hydrogen-bond acceptors (Lipinski definition) is 2. The van der Waals surface area contributed by atoms with Crippen molar-refractivity contribution in [2.24, 2.45) is 13.0 Å². The highest BCUT2D eigenvalue weighted by molar-refractivity contribution is 5.76. The summed E-state index contributed by atoms with van der Waals surface area (Å²) in [6.45, 7) is 4.46. The molecule has 3 nitrogen and oxygen atoms in total. The molecule has 1 unspecified atom stereocenters. The van der Waals surface area contributed by atoms with Crippen LogP contribution < -0.4 is 5.73 Å². The Morgan fingerprint density at radius 2 is 1.94 bits per heavy atom. The first kappa shape index (κ1) is 12.7. The molecule has 0 saturated carbocycles. The Labute approximate surface area is 109 Å². The van der Waals surface area contributed by atoms with Crippen LogP contribution in [-0.4, -0.2) is 9.78 Å². The number of anilines is 1. The summed E-state index contributed by atoms with van der Waals surface area (Å²) in [6, 6.07) is 10.3. The fourth-order valence-electron chi connectivity index (χ4n) is 2.13. The highest BCUT2D eigenvalue weighted by Crippen LogP contribution is 2.30. The van der Waals surface area contributed by atoms with Crippen molar-refractivity contribution in [3.05, 3.63) is 36.0 Å². The highest BCUT2D eigenvalue weighted by atomic mass is 15.3. The number of aryl methyl sites for hydroxylation is 1. The number of benzene rings is 1. The predicted molar refractivity (Wildman–Crippen MR) is 76.2 cm³/mol. The van der Waals surface area contributed by atoms with E-state index in [1.54, 1.807) is 4.68 Å². The topological polar surface area (TPSA) is 43.8 Å². The summed E-state index contributed by atoms with van der Waals surface area (Å²) >= 11 is 0. The van der Waals surface area contributed by atoms with Gasteiger partial charge in [0.15, 0.2) is 0 Å². The second-order valence-corrected chi connectivity index (χ2v) is 4.91. The molecule has 2 aromatic rings. The maximum Gasteiger partial charge on any atom is 0.129 e. The van der Waals surface area contributed by atoms with Crippen molar-refractivity contribution in [2.45, 2.75) is 26.7 Å². The molecular formula is C15H21N3. The minimum absolute atomic E-state index is 0.627. The van der Waals surface area contributed by atoms with Crippen LogP contribution in [0.5, 0.6) is 0 Å². The fraction of sp³-hybridized carbons (Fsp3) is 0.400. The Hall–Kier alpha value is -1.77. The zero-order valence-electron chi connectivity index (χ0n) is 11.4. The first-order chi connectivity index (χ1) is 8.63. The van der Waals surface area contributed by atoms with E-state index in [0.29, 0.717) is 5.92 Å². The summed E-state index contributed by atoms with van der Waals surface area (Å²) < 4.78 is 1.78. The molecule has 3 heteroatoms. The number of nitrogen functional groups attached to an aromatic ring is 1. The number of nitrogens with two attached hydrogens (primary N) is 1. The Morgan fingerprint density at radius 1 is 1.28 bits per heavy atom. The Morgan fingerprint density at radius 3 is 2.56 bits per heavy atom. The van der Waals surface area contributed by atoms with E-state index in [4.69, 9.17) is 5.73 Å². The maximum atomic E-state index is 6.15. The van der Waals surface area contributed by atoms with Gasteiger partial charge in [-0.25, -0.2) is 0 Å². The van der Waals surface area contributed by atoms with Crippen molar-refractivity contribution >= 4 is 5.82 Å². The van der Waals surface area contributed by atoms with Gasteiger partial charge in [-0.3, -0.25) is 4.68 Å². The molecule has 0 saturated heterocycles. The number of aromatic nitrogens is 2. The molecule has 1 aromatic carbocycles. The molecule has 0 fully saturated rings. The lowest BCUT2D eigenvalue weighted by atomic mass is 9.97. The molecule has 2 rings (SSSR count). The quantitative estimate of drug-likeness (QED) is 0.895. The third kappa shape index (κ3) is 2.40. The number of rotatable bonds is 4. The minimum Gasteiger partial charge on any atom is -0.383 e. The van der Waals surface area contributed by atoms with E-state index < -0.39 is 0 Å². The van der Waals surface area contributed by atoms with Crippen molar-refractivity contribution < 1.29 is 0 Å². The molecule has 0 bridgehead atoms. The Bertz CT molecular complexity index is 514. The van der Waals surface area contributed by atoms with Crippen molar-refractivity contribution in [1.29, 1.82) is 0 Å². The van der Waals surface area contributed by atoms with Gasteiger partial charge in [0, 0.05) is 12.6 Å². The molecule has 2 N–H and O–H groups in total. The van der Waals surface area contributed by atoms with E-state index in [9.17, 15) is 0 Å². The van der Waals surface area contributed by atoms with Gasteiger partial charge in [-0.15, -0.1) is 0 Å². The van der Waals surface area contributed by atoms with Gasteiger partial charge < -0.3 is 5.73 Å². The van der Waals surface area contributed by atoms with Gasteiger partial charge >= 0.3 is 0 Å². The van der Waals surface area contributed by atoms with Crippen molar-refractivity contribution in [3.63, 3.8) is 0 Å². The van der Waals surface area contributed by atoms with E-state index in [2.05, 4.69) is 31.1 Å². The van der Waals surface area contributed by atoms with Crippen molar-refractivity contribution in [2.75, 3.05) is 5.73 Å². The highest BCUT2D eigenvalue weighted by Gasteiger charge is 2.16. The van der Waals surface area contributed by atoms with Crippen LogP contribution >= 0.6 is 0 Å². The summed E-state index contributed by atoms with van der Waals surface area (Å²) in [4.78, 5) is 0. The minimum atomic E-state index is 0.627. The van der Waals surface area contributed by atoms with Gasteiger partial charge in [-0.1, -0.05) is 50.6 Å². The number of hydrogen-bond donors (Lipinski definition) is 1. The van der Waals surface area contributed by atoms with Crippen LogP contribution in [0.25, 0.3) is 11.1 Å². The summed E-state index contributed by atoms with van der Waals surface area (Å²) in [5.74, 6) is 1.38. The standard InChI is InChI=1S/C15H21N3/c1-4-11(2)10-13-14(15(16)18(3)17-13)12-8-6-5-7-9-12/h5-9,11H,4,10,16H2,1-3H3. The summed E-state index contributed by atoms with van der Waals surface area (Å²) in [5, 5.41) is 4.57. The Kier molecular flexibility index (Phi) is 3.70. The molecule has 0 aliphatic carbocycles. The molecule has 0 aliphatic heterocycles. The SMILES string of the molecule is CCC(C)Cc1nn(C)c(N)c1-c1ccccc1. The zero-order chi connectivity index (χ0) is 13.1. The van der Waals surface area contributed by atoms with Crippen LogP contribution in [0.3, 0.4) is 0 Å². The molecule has 1 heterocycles. The number of nitrogens with zero attached hydrogens (tertiary/aromatic N) is 2. The Balaban J connectivity index is 2.45. The van der Waals surface area contributed by atoms with Crippen LogP contribution in [0.4, 0.5) is 5.82 Å². The molecule has 1 atom stereocenters. The molecule has 1 aromatic heterocycles. The van der Waals surface area contributed by atoms with E-state index in [1.165, 1.54) is 0 Å². The van der Waals surface area contributed by atoms with E-state index in [-0.39, 0.29) is 0 Å². The summed E-state index contributed by atoms with van der Waals surface area (Å²) in [7, 11) is 1.90. The lowest BCUT2D eigenvalue weighted by molar-refractivity contribution is 0.547. The summed E-state index contributed by atoms with van der Waals surface area (Å²) in [5.41, 5.74) is 9.51. The van der Waals surface area contributed by atoms with Gasteiger partial charge in [0.1, 0.15) is 5.82 Å². The maximum absolute atomic E-state index is 6.15. The zero-order valence-corrected chi connectivity index (χ0v) is 11.4. The molecular weight excluding hydrogens is 222 g/mol. The lowest BCUT2D eigenvalue weighted by Gasteiger charge is -2.08. The second-order valence-electron chi connectivity index (χ2n) is 4.91. The second kappa shape index (κ2) is 5.25. The first-order valence-corrected chi connectivity index (χ1v) is 6.50. The van der Waals surface area contributed by atoms with Crippen molar-refractivity contribution in [3.8, 4) is 11.1 Å². The molecule has 0 radical (unpaired) electrons. The monoisotopic (exact) mass is 243 g/mol. The third-order valence-electron chi connectivity index (χ3n) is 3.47. The molecule has 0 amide bonds. The van der Waals surface area contributed by atoms with E-state index >= 15 is 0 Å². The molecule has 18 heavy (non-hydrogen) atoms. The normalized spacial score (nSPS) is 12.6.